The Kier molecular flexibility index (Phi) is 9.86. The molecule has 2 atom stereocenters. The van der Waals surface area contributed by atoms with Crippen molar-refractivity contribution in [3.8, 4) is 5.75 Å². The second kappa shape index (κ2) is 13.7. The molecule has 1 aliphatic rings. The van der Waals surface area contributed by atoms with Crippen molar-refractivity contribution in [2.75, 3.05) is 6.54 Å². The van der Waals surface area contributed by atoms with E-state index < -0.39 is 29.9 Å². The van der Waals surface area contributed by atoms with E-state index in [1.165, 1.54) is 0 Å². The first kappa shape index (κ1) is 29.5. The third-order valence-corrected chi connectivity index (χ3v) is 6.87. The van der Waals surface area contributed by atoms with Crippen LogP contribution in [0.25, 0.3) is 0 Å². The summed E-state index contributed by atoms with van der Waals surface area (Å²) in [6.07, 6.45) is 0.363. The minimum Gasteiger partial charge on any atom is -0.489 e. The lowest BCUT2D eigenvalue weighted by atomic mass is 10.0. The molecule has 4 rings (SSSR count). The van der Waals surface area contributed by atoms with Crippen LogP contribution in [-0.2, 0) is 22.7 Å². The maximum atomic E-state index is 13.1. The van der Waals surface area contributed by atoms with Crippen LogP contribution >= 0.6 is 0 Å². The van der Waals surface area contributed by atoms with Crippen LogP contribution in [0.15, 0.2) is 78.9 Å². The van der Waals surface area contributed by atoms with Crippen molar-refractivity contribution >= 4 is 23.7 Å². The van der Waals surface area contributed by atoms with E-state index >= 15 is 0 Å². The van der Waals surface area contributed by atoms with Crippen LogP contribution in [-0.4, -0.2) is 52.3 Å². The van der Waals surface area contributed by atoms with Crippen molar-refractivity contribution < 1.29 is 29.0 Å². The molecule has 0 saturated carbocycles. The van der Waals surface area contributed by atoms with E-state index in [9.17, 15) is 24.3 Å². The highest BCUT2D eigenvalue weighted by Crippen LogP contribution is 2.27. The summed E-state index contributed by atoms with van der Waals surface area (Å²) in [6, 6.07) is 21.8. The zero-order valence-electron chi connectivity index (χ0n) is 23.2. The molecule has 3 aromatic rings. The molecule has 41 heavy (non-hydrogen) atoms. The van der Waals surface area contributed by atoms with E-state index in [0.717, 1.165) is 16.0 Å². The second-order valence-electron chi connectivity index (χ2n) is 10.5. The number of hydrogen-bond donors (Lipinski definition) is 3. The van der Waals surface area contributed by atoms with Gasteiger partial charge < -0.3 is 15.2 Å². The van der Waals surface area contributed by atoms with Crippen LogP contribution < -0.4 is 15.4 Å². The zero-order valence-corrected chi connectivity index (χ0v) is 23.2. The van der Waals surface area contributed by atoms with Crippen molar-refractivity contribution in [2.24, 2.45) is 5.92 Å². The van der Waals surface area contributed by atoms with Crippen LogP contribution in [0, 0.1) is 5.92 Å². The molecule has 1 unspecified atom stereocenters. The van der Waals surface area contributed by atoms with Crippen LogP contribution in [0.3, 0.4) is 0 Å². The summed E-state index contributed by atoms with van der Waals surface area (Å²) < 4.78 is 5.80. The van der Waals surface area contributed by atoms with Crippen molar-refractivity contribution in [3.05, 3.63) is 101 Å². The average molecular weight is 558 g/mol. The third-order valence-electron chi connectivity index (χ3n) is 6.87. The number of aliphatic carboxylic acids is 1. The van der Waals surface area contributed by atoms with Gasteiger partial charge in [-0.1, -0.05) is 74.5 Å². The van der Waals surface area contributed by atoms with E-state index in [-0.39, 0.29) is 35.9 Å². The molecule has 3 aromatic carbocycles. The van der Waals surface area contributed by atoms with Gasteiger partial charge in [0.05, 0.1) is 17.2 Å². The number of carbonyl (C=O) groups excluding carboxylic acids is 3. The molecule has 0 radical (unpaired) electrons. The van der Waals surface area contributed by atoms with Gasteiger partial charge in [0.15, 0.2) is 0 Å². The summed E-state index contributed by atoms with van der Waals surface area (Å²) in [5.74, 6) is -1.88. The Morgan fingerprint density at radius 2 is 1.49 bits per heavy atom. The number of rotatable bonds is 14. The third kappa shape index (κ3) is 7.79. The normalized spacial score (nSPS) is 14.1. The Balaban J connectivity index is 1.38. The van der Waals surface area contributed by atoms with Gasteiger partial charge in [0.1, 0.15) is 18.4 Å². The lowest BCUT2D eigenvalue weighted by Gasteiger charge is -2.25. The fourth-order valence-electron chi connectivity index (χ4n) is 4.71. The SMILES string of the molecule is CC(C)C[C@@H](NC(CCN1C(=O)c2ccc(OCc3ccccc3)cc2C1=O)C(=O)O)C(=O)NCc1ccccc1. The van der Waals surface area contributed by atoms with E-state index in [1.807, 2.05) is 74.5 Å². The van der Waals surface area contributed by atoms with Crippen molar-refractivity contribution in [1.82, 2.24) is 15.5 Å². The summed E-state index contributed by atoms with van der Waals surface area (Å²) >= 11 is 0. The van der Waals surface area contributed by atoms with Gasteiger partial charge in [-0.2, -0.15) is 0 Å². The number of carboxylic acid groups (broad SMARTS) is 1. The minimum absolute atomic E-state index is 0.0568. The maximum Gasteiger partial charge on any atom is 0.320 e. The number of amides is 3. The molecule has 3 amide bonds. The highest BCUT2D eigenvalue weighted by molar-refractivity contribution is 6.21. The van der Waals surface area contributed by atoms with Crippen molar-refractivity contribution in [3.63, 3.8) is 0 Å². The van der Waals surface area contributed by atoms with Crippen LogP contribution in [0.5, 0.6) is 5.75 Å². The summed E-state index contributed by atoms with van der Waals surface area (Å²) in [5, 5.41) is 15.7. The highest BCUT2D eigenvalue weighted by Gasteiger charge is 2.37. The number of hydrogen-bond acceptors (Lipinski definition) is 6. The molecule has 0 saturated heterocycles. The monoisotopic (exact) mass is 557 g/mol. The Hall–Kier alpha value is -4.50. The molecule has 0 aromatic heterocycles. The second-order valence-corrected chi connectivity index (χ2v) is 10.5. The molecule has 9 nitrogen and oxygen atoms in total. The Morgan fingerprint density at radius 3 is 2.12 bits per heavy atom. The first-order valence-electron chi connectivity index (χ1n) is 13.7. The standard InChI is InChI=1S/C32H35N3O6/c1-21(2)17-28(29(36)33-19-22-9-5-3-6-10-22)34-27(32(39)40)15-16-35-30(37)25-14-13-24(18-26(25)31(35)38)41-20-23-11-7-4-8-12-23/h3-14,18,21,27-28,34H,15-17,19-20H2,1-2H3,(H,33,36)(H,39,40)/t27?,28-/m1/s1. The highest BCUT2D eigenvalue weighted by atomic mass is 16.5. The predicted molar refractivity (Wildman–Crippen MR) is 153 cm³/mol. The van der Waals surface area contributed by atoms with Gasteiger partial charge in [0, 0.05) is 13.1 Å². The first-order chi connectivity index (χ1) is 19.7. The van der Waals surface area contributed by atoms with Crippen LogP contribution in [0.1, 0.15) is 58.5 Å². The lowest BCUT2D eigenvalue weighted by Crippen LogP contribution is -2.52. The van der Waals surface area contributed by atoms with E-state index in [0.29, 0.717) is 25.3 Å². The Morgan fingerprint density at radius 1 is 0.854 bits per heavy atom. The first-order valence-corrected chi connectivity index (χ1v) is 13.7. The van der Waals surface area contributed by atoms with Crippen LogP contribution in [0.2, 0.25) is 0 Å². The predicted octanol–water partition coefficient (Wildman–Crippen LogP) is 4.03. The Bertz CT molecular complexity index is 1380. The maximum absolute atomic E-state index is 13.1. The average Bonchev–Trinajstić information content (AvgIpc) is 3.21. The van der Waals surface area contributed by atoms with Gasteiger partial charge in [-0.15, -0.1) is 0 Å². The molecule has 0 spiro atoms. The smallest absolute Gasteiger partial charge is 0.320 e. The van der Waals surface area contributed by atoms with Crippen molar-refractivity contribution in [2.45, 2.75) is 51.9 Å². The summed E-state index contributed by atoms with van der Waals surface area (Å²) in [5.41, 5.74) is 2.37. The lowest BCUT2D eigenvalue weighted by molar-refractivity contribution is -0.140. The van der Waals surface area contributed by atoms with Gasteiger partial charge in [0.25, 0.3) is 11.8 Å². The van der Waals surface area contributed by atoms with Crippen molar-refractivity contribution in [1.29, 1.82) is 0 Å². The number of nitrogens with one attached hydrogen (secondary N) is 2. The number of ether oxygens (including phenoxy) is 1. The van der Waals surface area contributed by atoms with E-state index in [4.69, 9.17) is 4.74 Å². The molecule has 0 bridgehead atoms. The molecule has 3 N–H and O–H groups in total. The summed E-state index contributed by atoms with van der Waals surface area (Å²) in [6.45, 7) is 4.42. The number of carbonyl (C=O) groups is 4. The fourth-order valence-corrected chi connectivity index (χ4v) is 4.71. The topological polar surface area (TPSA) is 125 Å². The molecule has 1 aliphatic heterocycles. The Labute approximate surface area is 239 Å². The minimum atomic E-state index is -1.16. The molecule has 214 valence electrons. The number of benzene rings is 3. The zero-order chi connectivity index (χ0) is 29.4. The largest absolute Gasteiger partial charge is 0.489 e. The molecule has 0 fully saturated rings. The summed E-state index contributed by atoms with van der Waals surface area (Å²) in [7, 11) is 0. The van der Waals surface area contributed by atoms with Gasteiger partial charge >= 0.3 is 5.97 Å². The van der Waals surface area contributed by atoms with Gasteiger partial charge in [-0.3, -0.25) is 29.4 Å². The summed E-state index contributed by atoms with van der Waals surface area (Å²) in [4.78, 5) is 52.3. The molecule has 9 heteroatoms. The fraction of sp³-hybridized carbons (Fsp3) is 0.312. The quantitative estimate of drug-likeness (QED) is 0.256. The van der Waals surface area contributed by atoms with Crippen LogP contribution in [0.4, 0.5) is 0 Å². The van der Waals surface area contributed by atoms with E-state index in [1.54, 1.807) is 18.2 Å². The molecule has 0 aliphatic carbocycles. The van der Waals surface area contributed by atoms with Gasteiger partial charge in [0.2, 0.25) is 5.91 Å². The van der Waals surface area contributed by atoms with E-state index in [2.05, 4.69) is 10.6 Å². The molecule has 1 heterocycles. The number of carboxylic acids is 1. The molecular formula is C32H35N3O6. The number of fused-ring (bicyclic) bond motifs is 1. The molecular weight excluding hydrogens is 522 g/mol. The number of nitrogens with zero attached hydrogens (tertiary/aromatic N) is 1. The van der Waals surface area contributed by atoms with Gasteiger partial charge in [-0.05, 0) is 48.1 Å². The van der Waals surface area contributed by atoms with Gasteiger partial charge in [-0.25, -0.2) is 0 Å². The number of imide groups is 1.